The maximum Gasteiger partial charge on any atom is 0.387 e. The van der Waals surface area contributed by atoms with Crippen molar-refractivity contribution < 1.29 is 22.7 Å². The summed E-state index contributed by atoms with van der Waals surface area (Å²) in [6, 6.07) is 10.0. The summed E-state index contributed by atoms with van der Waals surface area (Å²) in [4.78, 5) is 12.3. The van der Waals surface area contributed by atoms with Crippen molar-refractivity contribution in [3.63, 3.8) is 0 Å². The minimum Gasteiger partial charge on any atom is -0.464 e. The summed E-state index contributed by atoms with van der Waals surface area (Å²) in [5, 5.41) is 3.73. The van der Waals surface area contributed by atoms with Gasteiger partial charge < -0.3 is 14.5 Å². The molecule has 0 atom stereocenters. The summed E-state index contributed by atoms with van der Waals surface area (Å²) < 4.78 is 34.2. The summed E-state index contributed by atoms with van der Waals surface area (Å²) in [5.74, 6) is -0.150. The first-order valence-corrected chi connectivity index (χ1v) is 8.45. The fourth-order valence-corrected chi connectivity index (χ4v) is 3.38. The number of rotatable bonds is 5. The third-order valence-corrected chi connectivity index (χ3v) is 4.58. The van der Waals surface area contributed by atoms with Crippen molar-refractivity contribution in [2.24, 2.45) is 0 Å². The molecule has 2 aromatic carbocycles. The lowest BCUT2D eigenvalue weighted by molar-refractivity contribution is -0.115. The van der Waals surface area contributed by atoms with E-state index in [-0.39, 0.29) is 18.1 Å². The van der Waals surface area contributed by atoms with Gasteiger partial charge in [-0.1, -0.05) is 0 Å². The highest BCUT2D eigenvalue weighted by Gasteiger charge is 2.17. The van der Waals surface area contributed by atoms with E-state index in [4.69, 9.17) is 4.42 Å². The molecule has 0 saturated heterocycles. The molecule has 1 aliphatic carbocycles. The van der Waals surface area contributed by atoms with E-state index in [0.29, 0.717) is 5.69 Å². The number of anilines is 1. The number of carbonyl (C=O) groups excluding carboxylic acids is 1. The first kappa shape index (κ1) is 16.6. The standard InChI is InChI=1S/C20H17F2NO3/c21-20(22)26-16-6-4-15(5-7-16)23-19(24)10-14-11-25-18-9-13-3-1-2-12(13)8-17(14)18/h4-9,11,20H,1-3,10H2,(H,23,24). The van der Waals surface area contributed by atoms with Crippen LogP contribution in [0.2, 0.25) is 0 Å². The number of halogens is 2. The lowest BCUT2D eigenvalue weighted by Gasteiger charge is -2.07. The molecule has 0 bridgehead atoms. The van der Waals surface area contributed by atoms with Gasteiger partial charge in [-0.15, -0.1) is 0 Å². The maximum atomic E-state index is 12.3. The lowest BCUT2D eigenvalue weighted by Crippen LogP contribution is -2.14. The third kappa shape index (κ3) is 3.40. The molecule has 1 aliphatic rings. The maximum absolute atomic E-state index is 12.3. The molecule has 26 heavy (non-hydrogen) atoms. The number of benzene rings is 2. The summed E-state index contributed by atoms with van der Waals surface area (Å²) in [6.07, 6.45) is 5.10. The summed E-state index contributed by atoms with van der Waals surface area (Å²) in [6.45, 7) is -2.87. The van der Waals surface area contributed by atoms with Crippen LogP contribution in [0.3, 0.4) is 0 Å². The Kier molecular flexibility index (Phi) is 4.32. The van der Waals surface area contributed by atoms with Crippen LogP contribution >= 0.6 is 0 Å². The van der Waals surface area contributed by atoms with E-state index < -0.39 is 6.61 Å². The molecule has 134 valence electrons. The number of hydrogen-bond donors (Lipinski definition) is 1. The second kappa shape index (κ2) is 6.78. The van der Waals surface area contributed by atoms with E-state index in [0.717, 1.165) is 35.8 Å². The van der Waals surface area contributed by atoms with Crippen LogP contribution in [0.4, 0.5) is 14.5 Å². The predicted molar refractivity (Wildman–Crippen MR) is 93.6 cm³/mol. The first-order valence-electron chi connectivity index (χ1n) is 8.45. The van der Waals surface area contributed by atoms with Crippen molar-refractivity contribution in [2.45, 2.75) is 32.3 Å². The molecule has 0 saturated carbocycles. The number of fused-ring (bicyclic) bond motifs is 2. The summed E-state index contributed by atoms with van der Waals surface area (Å²) in [7, 11) is 0. The van der Waals surface area contributed by atoms with Gasteiger partial charge in [0.25, 0.3) is 0 Å². The number of hydrogen-bond acceptors (Lipinski definition) is 3. The van der Waals surface area contributed by atoms with Gasteiger partial charge in [0.2, 0.25) is 5.91 Å². The van der Waals surface area contributed by atoms with E-state index in [2.05, 4.69) is 22.2 Å². The Hall–Kier alpha value is -2.89. The number of furan rings is 1. The Bertz CT molecular complexity index is 948. The molecule has 0 unspecified atom stereocenters. The van der Waals surface area contributed by atoms with Gasteiger partial charge in [0.15, 0.2) is 0 Å². The Labute approximate surface area is 148 Å². The van der Waals surface area contributed by atoms with E-state index in [1.54, 1.807) is 6.26 Å². The monoisotopic (exact) mass is 357 g/mol. The number of ether oxygens (including phenoxy) is 1. The van der Waals surface area contributed by atoms with Gasteiger partial charge in [-0.25, -0.2) is 0 Å². The molecular weight excluding hydrogens is 340 g/mol. The molecule has 1 heterocycles. The SMILES string of the molecule is O=C(Cc1coc2cc3c(cc12)CCC3)Nc1ccc(OC(F)F)cc1. The van der Waals surface area contributed by atoms with Gasteiger partial charge in [0, 0.05) is 16.6 Å². The van der Waals surface area contributed by atoms with Crippen LogP contribution in [0.1, 0.15) is 23.1 Å². The largest absolute Gasteiger partial charge is 0.464 e. The van der Waals surface area contributed by atoms with E-state index >= 15 is 0 Å². The smallest absolute Gasteiger partial charge is 0.387 e. The molecule has 1 amide bonds. The van der Waals surface area contributed by atoms with Gasteiger partial charge in [-0.2, -0.15) is 8.78 Å². The molecule has 3 aromatic rings. The number of amides is 1. The van der Waals surface area contributed by atoms with Gasteiger partial charge >= 0.3 is 6.61 Å². The Morgan fingerprint density at radius 1 is 1.15 bits per heavy atom. The number of carbonyl (C=O) groups is 1. The molecule has 0 radical (unpaired) electrons. The average Bonchev–Trinajstić information content (AvgIpc) is 3.21. The molecule has 1 N–H and O–H groups in total. The molecule has 0 spiro atoms. The predicted octanol–water partition coefficient (Wildman–Crippen LogP) is 4.70. The summed E-state index contributed by atoms with van der Waals surface area (Å²) >= 11 is 0. The van der Waals surface area contributed by atoms with Gasteiger partial charge in [-0.05, 0) is 66.8 Å². The number of aryl methyl sites for hydroxylation is 2. The van der Waals surface area contributed by atoms with E-state index in [1.165, 1.54) is 35.4 Å². The zero-order valence-electron chi connectivity index (χ0n) is 13.9. The zero-order chi connectivity index (χ0) is 18.1. The lowest BCUT2D eigenvalue weighted by atomic mass is 10.0. The quantitative estimate of drug-likeness (QED) is 0.720. The van der Waals surface area contributed by atoms with Crippen LogP contribution in [0.25, 0.3) is 11.0 Å². The van der Waals surface area contributed by atoms with Gasteiger partial charge in [0.05, 0.1) is 12.7 Å². The second-order valence-corrected chi connectivity index (χ2v) is 6.36. The van der Waals surface area contributed by atoms with Crippen LogP contribution < -0.4 is 10.1 Å². The van der Waals surface area contributed by atoms with Crippen LogP contribution in [-0.4, -0.2) is 12.5 Å². The molecule has 4 rings (SSSR count). The van der Waals surface area contributed by atoms with Crippen molar-refractivity contribution >= 4 is 22.6 Å². The molecule has 6 heteroatoms. The molecular formula is C20H17F2NO3. The van der Waals surface area contributed by atoms with Crippen LogP contribution in [0.15, 0.2) is 47.1 Å². The normalized spacial score (nSPS) is 13.2. The van der Waals surface area contributed by atoms with Crippen molar-refractivity contribution in [1.82, 2.24) is 0 Å². The topological polar surface area (TPSA) is 51.5 Å². The Morgan fingerprint density at radius 2 is 1.88 bits per heavy atom. The average molecular weight is 357 g/mol. The van der Waals surface area contributed by atoms with Crippen molar-refractivity contribution in [3.05, 3.63) is 59.4 Å². The van der Waals surface area contributed by atoms with Crippen LogP contribution in [0, 0.1) is 0 Å². The first-order chi connectivity index (χ1) is 12.6. The van der Waals surface area contributed by atoms with E-state index in [1.807, 2.05) is 0 Å². The van der Waals surface area contributed by atoms with Crippen LogP contribution in [0.5, 0.6) is 5.75 Å². The molecule has 1 aromatic heterocycles. The minimum absolute atomic E-state index is 0.0488. The zero-order valence-corrected chi connectivity index (χ0v) is 13.9. The van der Waals surface area contributed by atoms with Crippen molar-refractivity contribution in [3.8, 4) is 5.75 Å². The van der Waals surface area contributed by atoms with Crippen molar-refractivity contribution in [2.75, 3.05) is 5.32 Å². The number of alkyl halides is 2. The fourth-order valence-electron chi connectivity index (χ4n) is 3.38. The Balaban J connectivity index is 1.46. The fraction of sp³-hybridized carbons (Fsp3) is 0.250. The highest BCUT2D eigenvalue weighted by atomic mass is 19.3. The second-order valence-electron chi connectivity index (χ2n) is 6.36. The summed E-state index contributed by atoms with van der Waals surface area (Å²) in [5.41, 5.74) is 4.82. The molecule has 0 fully saturated rings. The van der Waals surface area contributed by atoms with E-state index in [9.17, 15) is 13.6 Å². The highest BCUT2D eigenvalue weighted by molar-refractivity contribution is 5.95. The van der Waals surface area contributed by atoms with Crippen LogP contribution in [-0.2, 0) is 24.1 Å². The third-order valence-electron chi connectivity index (χ3n) is 4.58. The van der Waals surface area contributed by atoms with Crippen molar-refractivity contribution in [1.29, 1.82) is 0 Å². The highest BCUT2D eigenvalue weighted by Crippen LogP contribution is 2.30. The number of nitrogens with one attached hydrogen (secondary N) is 1. The van der Waals surface area contributed by atoms with Gasteiger partial charge in [-0.3, -0.25) is 4.79 Å². The molecule has 0 aliphatic heterocycles. The Morgan fingerprint density at radius 3 is 2.62 bits per heavy atom. The minimum atomic E-state index is -2.87. The molecule has 4 nitrogen and oxygen atoms in total. The van der Waals surface area contributed by atoms with Gasteiger partial charge in [0.1, 0.15) is 11.3 Å².